The van der Waals surface area contributed by atoms with Gasteiger partial charge in [0, 0.05) is 19.7 Å². The Labute approximate surface area is 111 Å². The first-order chi connectivity index (χ1) is 8.99. The zero-order valence-corrected chi connectivity index (χ0v) is 11.1. The summed E-state index contributed by atoms with van der Waals surface area (Å²) >= 11 is 0. The van der Waals surface area contributed by atoms with E-state index in [1.807, 2.05) is 0 Å². The van der Waals surface area contributed by atoms with Gasteiger partial charge in [0.2, 0.25) is 0 Å². The SMILES string of the molecule is Cc1nc(-c2ccc(F)cc2)ccc1C(=O)N(C)C. The average molecular weight is 258 g/mol. The molecule has 0 saturated heterocycles. The molecule has 0 aliphatic rings. The first-order valence-corrected chi connectivity index (χ1v) is 5.94. The number of amides is 1. The van der Waals surface area contributed by atoms with Crippen LogP contribution in [-0.4, -0.2) is 29.9 Å². The highest BCUT2D eigenvalue weighted by molar-refractivity contribution is 5.95. The molecule has 1 aromatic heterocycles. The van der Waals surface area contributed by atoms with Crippen molar-refractivity contribution < 1.29 is 9.18 Å². The second-order valence-electron chi connectivity index (χ2n) is 4.54. The summed E-state index contributed by atoms with van der Waals surface area (Å²) in [5.41, 5.74) is 2.80. The molecule has 19 heavy (non-hydrogen) atoms. The molecule has 0 unspecified atom stereocenters. The Balaban J connectivity index is 2.39. The van der Waals surface area contributed by atoms with E-state index in [2.05, 4.69) is 4.98 Å². The average Bonchev–Trinajstić information content (AvgIpc) is 2.38. The normalized spacial score (nSPS) is 10.3. The molecule has 0 spiro atoms. The molecule has 0 radical (unpaired) electrons. The van der Waals surface area contributed by atoms with Crippen LogP contribution in [0.1, 0.15) is 16.1 Å². The summed E-state index contributed by atoms with van der Waals surface area (Å²) in [5.74, 6) is -0.351. The van der Waals surface area contributed by atoms with Crippen LogP contribution in [0.5, 0.6) is 0 Å². The van der Waals surface area contributed by atoms with Crippen LogP contribution in [0, 0.1) is 12.7 Å². The molecule has 4 heteroatoms. The minimum atomic E-state index is -0.278. The van der Waals surface area contributed by atoms with Crippen LogP contribution in [0.15, 0.2) is 36.4 Å². The van der Waals surface area contributed by atoms with Crippen molar-refractivity contribution in [3.8, 4) is 11.3 Å². The monoisotopic (exact) mass is 258 g/mol. The number of rotatable bonds is 2. The van der Waals surface area contributed by atoms with Gasteiger partial charge in [0.25, 0.3) is 5.91 Å². The summed E-state index contributed by atoms with van der Waals surface area (Å²) in [6, 6.07) is 9.66. The van der Waals surface area contributed by atoms with Crippen molar-refractivity contribution in [1.82, 2.24) is 9.88 Å². The smallest absolute Gasteiger partial charge is 0.255 e. The molecule has 0 bridgehead atoms. The highest BCUT2D eigenvalue weighted by atomic mass is 19.1. The Morgan fingerprint density at radius 3 is 2.26 bits per heavy atom. The van der Waals surface area contributed by atoms with E-state index in [1.54, 1.807) is 45.3 Å². The van der Waals surface area contributed by atoms with Crippen LogP contribution in [-0.2, 0) is 0 Å². The lowest BCUT2D eigenvalue weighted by Crippen LogP contribution is -2.22. The number of hydrogen-bond acceptors (Lipinski definition) is 2. The standard InChI is InChI=1S/C15H15FN2O/c1-10-13(15(19)18(2)3)8-9-14(17-10)11-4-6-12(16)7-5-11/h4-9H,1-3H3. The molecule has 1 amide bonds. The van der Waals surface area contributed by atoms with Gasteiger partial charge in [0.05, 0.1) is 17.0 Å². The third kappa shape index (κ3) is 2.78. The van der Waals surface area contributed by atoms with Gasteiger partial charge in [-0.15, -0.1) is 0 Å². The lowest BCUT2D eigenvalue weighted by molar-refractivity contribution is 0.0826. The predicted molar refractivity (Wildman–Crippen MR) is 72.4 cm³/mol. The maximum atomic E-state index is 12.9. The van der Waals surface area contributed by atoms with Gasteiger partial charge in [0.1, 0.15) is 5.82 Å². The summed E-state index contributed by atoms with van der Waals surface area (Å²) in [4.78, 5) is 17.8. The number of halogens is 1. The molecular weight excluding hydrogens is 243 g/mol. The number of carbonyl (C=O) groups excluding carboxylic acids is 1. The number of benzene rings is 1. The van der Waals surface area contributed by atoms with E-state index in [-0.39, 0.29) is 11.7 Å². The zero-order valence-electron chi connectivity index (χ0n) is 11.1. The molecule has 1 heterocycles. The van der Waals surface area contributed by atoms with E-state index in [0.717, 1.165) is 11.3 Å². The Hall–Kier alpha value is -2.23. The van der Waals surface area contributed by atoms with Crippen molar-refractivity contribution in [1.29, 1.82) is 0 Å². The van der Waals surface area contributed by atoms with Gasteiger partial charge < -0.3 is 4.90 Å². The summed E-state index contributed by atoms with van der Waals surface area (Å²) in [6.45, 7) is 1.80. The number of aromatic nitrogens is 1. The zero-order chi connectivity index (χ0) is 14.0. The Morgan fingerprint density at radius 2 is 1.74 bits per heavy atom. The van der Waals surface area contributed by atoms with Crippen LogP contribution in [0.2, 0.25) is 0 Å². The number of aryl methyl sites for hydroxylation is 1. The van der Waals surface area contributed by atoms with Gasteiger partial charge in [-0.2, -0.15) is 0 Å². The maximum absolute atomic E-state index is 12.9. The first-order valence-electron chi connectivity index (χ1n) is 5.94. The van der Waals surface area contributed by atoms with E-state index >= 15 is 0 Å². The molecule has 0 aliphatic heterocycles. The van der Waals surface area contributed by atoms with Crippen molar-refractivity contribution >= 4 is 5.91 Å². The van der Waals surface area contributed by atoms with Gasteiger partial charge >= 0.3 is 0 Å². The minimum Gasteiger partial charge on any atom is -0.345 e. The Morgan fingerprint density at radius 1 is 1.11 bits per heavy atom. The van der Waals surface area contributed by atoms with Crippen LogP contribution in [0.25, 0.3) is 11.3 Å². The lowest BCUT2D eigenvalue weighted by atomic mass is 10.1. The molecule has 0 fully saturated rings. The molecular formula is C15H15FN2O. The van der Waals surface area contributed by atoms with Gasteiger partial charge in [0.15, 0.2) is 0 Å². The topological polar surface area (TPSA) is 33.2 Å². The van der Waals surface area contributed by atoms with Gasteiger partial charge in [-0.3, -0.25) is 9.78 Å². The fraction of sp³-hybridized carbons (Fsp3) is 0.200. The summed E-state index contributed by atoms with van der Waals surface area (Å²) in [6.07, 6.45) is 0. The molecule has 0 N–H and O–H groups in total. The van der Waals surface area contributed by atoms with Crippen molar-refractivity contribution in [2.24, 2.45) is 0 Å². The number of hydrogen-bond donors (Lipinski definition) is 0. The number of pyridine rings is 1. The Kier molecular flexibility index (Phi) is 3.60. The molecule has 2 aromatic rings. The van der Waals surface area contributed by atoms with Gasteiger partial charge in [-0.1, -0.05) is 0 Å². The predicted octanol–water partition coefficient (Wildman–Crippen LogP) is 2.90. The second kappa shape index (κ2) is 5.18. The third-order valence-corrected chi connectivity index (χ3v) is 2.86. The quantitative estimate of drug-likeness (QED) is 0.829. The highest BCUT2D eigenvalue weighted by Crippen LogP contribution is 2.19. The van der Waals surface area contributed by atoms with Crippen molar-refractivity contribution in [2.45, 2.75) is 6.92 Å². The maximum Gasteiger partial charge on any atom is 0.255 e. The molecule has 0 atom stereocenters. The summed E-state index contributed by atoms with van der Waals surface area (Å²) in [5, 5.41) is 0. The van der Waals surface area contributed by atoms with Gasteiger partial charge in [-0.05, 0) is 43.3 Å². The van der Waals surface area contributed by atoms with Crippen LogP contribution in [0.4, 0.5) is 4.39 Å². The largest absolute Gasteiger partial charge is 0.345 e. The minimum absolute atomic E-state index is 0.0735. The molecule has 98 valence electrons. The fourth-order valence-corrected chi connectivity index (χ4v) is 1.81. The van der Waals surface area contributed by atoms with E-state index in [9.17, 15) is 9.18 Å². The first kappa shape index (κ1) is 13.2. The lowest BCUT2D eigenvalue weighted by Gasteiger charge is -2.12. The Bertz CT molecular complexity index is 606. The number of nitrogens with zero attached hydrogens (tertiary/aromatic N) is 2. The van der Waals surface area contributed by atoms with Crippen molar-refractivity contribution in [3.63, 3.8) is 0 Å². The fourth-order valence-electron chi connectivity index (χ4n) is 1.81. The molecule has 0 saturated carbocycles. The second-order valence-corrected chi connectivity index (χ2v) is 4.54. The van der Waals surface area contributed by atoms with Crippen LogP contribution >= 0.6 is 0 Å². The van der Waals surface area contributed by atoms with Crippen LogP contribution < -0.4 is 0 Å². The molecule has 3 nitrogen and oxygen atoms in total. The van der Waals surface area contributed by atoms with E-state index in [0.29, 0.717) is 11.3 Å². The van der Waals surface area contributed by atoms with Crippen molar-refractivity contribution in [3.05, 3.63) is 53.5 Å². The van der Waals surface area contributed by atoms with E-state index in [1.165, 1.54) is 17.0 Å². The third-order valence-electron chi connectivity index (χ3n) is 2.86. The highest BCUT2D eigenvalue weighted by Gasteiger charge is 2.12. The summed E-state index contributed by atoms with van der Waals surface area (Å²) in [7, 11) is 3.41. The molecule has 0 aliphatic carbocycles. The van der Waals surface area contributed by atoms with Crippen molar-refractivity contribution in [2.75, 3.05) is 14.1 Å². The molecule has 1 aromatic carbocycles. The number of carbonyl (C=O) groups is 1. The van der Waals surface area contributed by atoms with E-state index < -0.39 is 0 Å². The van der Waals surface area contributed by atoms with E-state index in [4.69, 9.17) is 0 Å². The summed E-state index contributed by atoms with van der Waals surface area (Å²) < 4.78 is 12.9. The van der Waals surface area contributed by atoms with Gasteiger partial charge in [-0.25, -0.2) is 4.39 Å². The van der Waals surface area contributed by atoms with Crippen LogP contribution in [0.3, 0.4) is 0 Å². The molecule has 2 rings (SSSR count).